The summed E-state index contributed by atoms with van der Waals surface area (Å²) in [5, 5.41) is 14.7. The molecule has 4 rings (SSSR count). The third-order valence-electron chi connectivity index (χ3n) is 7.09. The predicted molar refractivity (Wildman–Crippen MR) is 146 cm³/mol. The van der Waals surface area contributed by atoms with Gasteiger partial charge in [-0.05, 0) is 70.7 Å². The molecule has 210 valence electrons. The van der Waals surface area contributed by atoms with Crippen LogP contribution in [0.1, 0.15) is 57.1 Å². The summed E-state index contributed by atoms with van der Waals surface area (Å²) in [6.07, 6.45) is 2.72. The number of amides is 2. The number of benzene rings is 1. The van der Waals surface area contributed by atoms with Gasteiger partial charge in [0.25, 0.3) is 0 Å². The Labute approximate surface area is 227 Å². The second-order valence-corrected chi connectivity index (χ2v) is 11.1. The molecule has 39 heavy (non-hydrogen) atoms. The monoisotopic (exact) mass is 539 g/mol. The van der Waals surface area contributed by atoms with Gasteiger partial charge in [0.05, 0.1) is 7.11 Å². The molecule has 0 bridgehead atoms. The zero-order valence-electron chi connectivity index (χ0n) is 23.2. The Kier molecular flexibility index (Phi) is 7.94. The molecule has 1 saturated heterocycles. The molecule has 0 saturated carbocycles. The number of methoxy groups -OCH3 is 1. The highest BCUT2D eigenvalue weighted by Gasteiger charge is 2.44. The van der Waals surface area contributed by atoms with Crippen molar-refractivity contribution in [3.63, 3.8) is 0 Å². The molecule has 0 spiro atoms. The first-order chi connectivity index (χ1) is 18.4. The van der Waals surface area contributed by atoms with Crippen LogP contribution < -0.4 is 15.5 Å². The molecule has 1 aliphatic heterocycles. The van der Waals surface area contributed by atoms with Crippen LogP contribution in [-0.4, -0.2) is 59.3 Å². The number of carbonyl (C=O) groups excluding carboxylic acids is 2. The minimum Gasteiger partial charge on any atom is -0.502 e. The van der Waals surface area contributed by atoms with Crippen LogP contribution in [0.15, 0.2) is 39.7 Å². The molecular weight excluding hydrogens is 502 g/mol. The Hall–Kier alpha value is -3.95. The summed E-state index contributed by atoms with van der Waals surface area (Å²) < 4.78 is 16.7. The highest BCUT2D eigenvalue weighted by molar-refractivity contribution is 5.85. The Balaban J connectivity index is 1.49. The lowest BCUT2D eigenvalue weighted by Gasteiger charge is -2.41. The van der Waals surface area contributed by atoms with Crippen molar-refractivity contribution in [3.05, 3.63) is 57.8 Å². The number of hydrogen-bond donors (Lipinski definition) is 3. The number of nitrogens with zero attached hydrogens (tertiary/aromatic N) is 1. The lowest BCUT2D eigenvalue weighted by molar-refractivity contribution is -0.123. The Morgan fingerprint density at radius 1 is 1.21 bits per heavy atom. The number of fused-ring (bicyclic) bond motifs is 1. The summed E-state index contributed by atoms with van der Waals surface area (Å²) in [6, 6.07) is 7.01. The van der Waals surface area contributed by atoms with E-state index in [2.05, 4.69) is 10.3 Å². The summed E-state index contributed by atoms with van der Waals surface area (Å²) in [5.74, 6) is 0.465. The van der Waals surface area contributed by atoms with Gasteiger partial charge in [-0.15, -0.1) is 0 Å². The number of aromatic amines is 1. The number of aryl methyl sites for hydroxylation is 1. The van der Waals surface area contributed by atoms with Crippen LogP contribution in [0.3, 0.4) is 0 Å². The van der Waals surface area contributed by atoms with Crippen molar-refractivity contribution in [2.45, 2.75) is 64.4 Å². The molecule has 2 aromatic heterocycles. The van der Waals surface area contributed by atoms with Gasteiger partial charge in [0.1, 0.15) is 17.1 Å². The van der Waals surface area contributed by atoms with E-state index in [-0.39, 0.29) is 31.2 Å². The molecule has 2 amide bonds. The zero-order chi connectivity index (χ0) is 28.4. The number of piperidine rings is 1. The van der Waals surface area contributed by atoms with Crippen molar-refractivity contribution in [2.75, 3.05) is 26.7 Å². The molecule has 1 fully saturated rings. The first-order valence-electron chi connectivity index (χ1n) is 13.1. The van der Waals surface area contributed by atoms with Gasteiger partial charge in [0.15, 0.2) is 5.76 Å². The van der Waals surface area contributed by atoms with Crippen molar-refractivity contribution in [3.8, 4) is 11.5 Å². The summed E-state index contributed by atoms with van der Waals surface area (Å²) >= 11 is 0. The molecule has 0 atom stereocenters. The summed E-state index contributed by atoms with van der Waals surface area (Å²) in [7, 11) is 1.62. The van der Waals surface area contributed by atoms with Crippen LogP contribution in [0.2, 0.25) is 0 Å². The van der Waals surface area contributed by atoms with Crippen LogP contribution in [0.25, 0.3) is 10.9 Å². The number of aromatic hydroxyl groups is 1. The molecule has 3 aromatic rings. The first kappa shape index (κ1) is 28.1. The number of likely N-dealkylation sites (tertiary alicyclic amines) is 1. The summed E-state index contributed by atoms with van der Waals surface area (Å²) in [4.78, 5) is 43.1. The van der Waals surface area contributed by atoms with Crippen LogP contribution in [0, 0.1) is 6.92 Å². The average Bonchev–Trinajstić information content (AvgIpc) is 3.27. The Morgan fingerprint density at radius 2 is 1.92 bits per heavy atom. The van der Waals surface area contributed by atoms with Crippen molar-refractivity contribution in [2.24, 2.45) is 0 Å². The van der Waals surface area contributed by atoms with Crippen LogP contribution in [-0.2, 0) is 21.4 Å². The number of hydrogen-bond acceptors (Lipinski definition) is 7. The van der Waals surface area contributed by atoms with Gasteiger partial charge in [-0.25, -0.2) is 4.79 Å². The van der Waals surface area contributed by atoms with Crippen LogP contribution in [0.5, 0.6) is 11.5 Å². The second kappa shape index (κ2) is 11.0. The molecule has 0 unspecified atom stereocenters. The lowest BCUT2D eigenvalue weighted by Crippen LogP contribution is -2.48. The predicted octanol–water partition coefficient (Wildman–Crippen LogP) is 4.16. The van der Waals surface area contributed by atoms with E-state index in [0.29, 0.717) is 31.6 Å². The minimum absolute atomic E-state index is 0.00316. The highest BCUT2D eigenvalue weighted by Crippen LogP contribution is 2.42. The van der Waals surface area contributed by atoms with E-state index >= 15 is 0 Å². The molecule has 10 nitrogen and oxygen atoms in total. The van der Waals surface area contributed by atoms with Gasteiger partial charge in [-0.3, -0.25) is 9.59 Å². The second-order valence-electron chi connectivity index (χ2n) is 11.1. The normalized spacial score (nSPS) is 15.3. The number of H-pyrrole nitrogens is 1. The fourth-order valence-electron chi connectivity index (χ4n) is 5.09. The standard InChI is InChI=1S/C29H37N3O7/c1-18-14-23(33)25(35)26(38-18)29(9-12-32(13-10-29)27(36)39-28(2,3)4)16-24(34)30-11-8-19-17-31-22-7-6-20(37-5)15-21(19)22/h6-7,14-15,17,31,35H,8-13,16H2,1-5H3,(H,30,34). The van der Waals surface area contributed by atoms with Gasteiger partial charge in [0.2, 0.25) is 17.1 Å². The fraction of sp³-hybridized carbons (Fsp3) is 0.483. The van der Waals surface area contributed by atoms with Gasteiger partial charge in [-0.1, -0.05) is 0 Å². The first-order valence-corrected chi connectivity index (χ1v) is 13.1. The van der Waals surface area contributed by atoms with Gasteiger partial charge in [-0.2, -0.15) is 0 Å². The largest absolute Gasteiger partial charge is 0.502 e. The van der Waals surface area contributed by atoms with E-state index in [1.165, 1.54) is 6.07 Å². The fourth-order valence-corrected chi connectivity index (χ4v) is 5.09. The van der Waals surface area contributed by atoms with E-state index in [1.54, 1.807) is 39.7 Å². The number of nitrogens with one attached hydrogen (secondary N) is 2. The maximum atomic E-state index is 13.2. The third-order valence-corrected chi connectivity index (χ3v) is 7.09. The van der Waals surface area contributed by atoms with Crippen molar-refractivity contribution < 1.29 is 28.6 Å². The molecular formula is C29H37N3O7. The summed E-state index contributed by atoms with van der Waals surface area (Å²) in [6.45, 7) is 8.00. The van der Waals surface area contributed by atoms with Crippen LogP contribution >= 0.6 is 0 Å². The van der Waals surface area contributed by atoms with E-state index in [4.69, 9.17) is 13.9 Å². The lowest BCUT2D eigenvalue weighted by atomic mass is 9.72. The number of rotatable bonds is 7. The topological polar surface area (TPSA) is 134 Å². The van der Waals surface area contributed by atoms with E-state index in [9.17, 15) is 19.5 Å². The minimum atomic E-state index is -0.952. The zero-order valence-corrected chi connectivity index (χ0v) is 23.2. The number of ether oxygens (including phenoxy) is 2. The Morgan fingerprint density at radius 3 is 2.59 bits per heavy atom. The SMILES string of the molecule is COc1ccc2[nH]cc(CCNC(=O)CC3(c4oc(C)cc(=O)c4O)CCN(C(=O)OC(C)(C)C)CC3)c2c1. The highest BCUT2D eigenvalue weighted by atomic mass is 16.6. The maximum Gasteiger partial charge on any atom is 0.410 e. The average molecular weight is 540 g/mol. The maximum absolute atomic E-state index is 13.2. The molecule has 1 aromatic carbocycles. The quantitative estimate of drug-likeness (QED) is 0.410. The van der Waals surface area contributed by atoms with E-state index in [0.717, 1.165) is 22.2 Å². The van der Waals surface area contributed by atoms with Crippen molar-refractivity contribution >= 4 is 22.9 Å². The molecule has 10 heteroatoms. The van der Waals surface area contributed by atoms with Gasteiger partial charge < -0.3 is 34.2 Å². The molecule has 3 heterocycles. The molecule has 1 aliphatic rings. The number of aromatic nitrogens is 1. The van der Waals surface area contributed by atoms with E-state index < -0.39 is 28.3 Å². The number of carbonyl (C=O) groups is 2. The van der Waals surface area contributed by atoms with Gasteiger partial charge in [0, 0.05) is 54.6 Å². The van der Waals surface area contributed by atoms with Crippen molar-refractivity contribution in [1.82, 2.24) is 15.2 Å². The molecule has 3 N–H and O–H groups in total. The van der Waals surface area contributed by atoms with Gasteiger partial charge >= 0.3 is 6.09 Å². The smallest absolute Gasteiger partial charge is 0.410 e. The Bertz CT molecular complexity index is 1410. The van der Waals surface area contributed by atoms with Crippen molar-refractivity contribution in [1.29, 1.82) is 0 Å². The third kappa shape index (κ3) is 6.38. The molecule has 0 aliphatic carbocycles. The van der Waals surface area contributed by atoms with Crippen LogP contribution in [0.4, 0.5) is 4.79 Å². The summed E-state index contributed by atoms with van der Waals surface area (Å²) in [5.41, 5.74) is -0.114. The molecule has 0 radical (unpaired) electrons. The van der Waals surface area contributed by atoms with E-state index in [1.807, 2.05) is 24.4 Å².